The molecule has 0 saturated heterocycles. The predicted octanol–water partition coefficient (Wildman–Crippen LogP) is 2.86. The first-order valence-electron chi connectivity index (χ1n) is 5.86. The van der Waals surface area contributed by atoms with Gasteiger partial charge in [-0.25, -0.2) is 9.59 Å². The second-order valence-corrected chi connectivity index (χ2v) is 4.13. The van der Waals surface area contributed by atoms with Crippen LogP contribution >= 0.6 is 0 Å². The Labute approximate surface area is 120 Å². The molecular formula is C16H10O5. The Hall–Kier alpha value is -3.26. The fourth-order valence-corrected chi connectivity index (χ4v) is 1.66. The molecule has 2 aromatic carbocycles. The molecule has 0 aromatic heterocycles. The van der Waals surface area contributed by atoms with E-state index in [2.05, 4.69) is 5.92 Å². The topological polar surface area (TPSA) is 83.8 Å². The number of ether oxygens (including phenoxy) is 1. The Bertz CT molecular complexity index is 706. The summed E-state index contributed by atoms with van der Waals surface area (Å²) in [5.74, 6) is 0.543. The molecule has 21 heavy (non-hydrogen) atoms. The van der Waals surface area contributed by atoms with Crippen molar-refractivity contribution in [3.05, 3.63) is 59.2 Å². The average molecular weight is 282 g/mol. The lowest BCUT2D eigenvalue weighted by Crippen LogP contribution is -2.03. The summed E-state index contributed by atoms with van der Waals surface area (Å²) in [6.07, 6.45) is 5.24. The number of carbonyl (C=O) groups is 2. The molecule has 0 radical (unpaired) electrons. The fourth-order valence-electron chi connectivity index (χ4n) is 1.66. The van der Waals surface area contributed by atoms with Crippen molar-refractivity contribution in [2.75, 3.05) is 0 Å². The Morgan fingerprint density at radius 3 is 1.86 bits per heavy atom. The van der Waals surface area contributed by atoms with Crippen LogP contribution in [0.2, 0.25) is 0 Å². The van der Waals surface area contributed by atoms with Crippen molar-refractivity contribution in [1.82, 2.24) is 0 Å². The Balaban J connectivity index is 2.36. The maximum Gasteiger partial charge on any atom is 0.335 e. The van der Waals surface area contributed by atoms with E-state index in [0.29, 0.717) is 11.3 Å². The van der Waals surface area contributed by atoms with Gasteiger partial charge in [-0.05, 0) is 42.5 Å². The van der Waals surface area contributed by atoms with Crippen molar-refractivity contribution >= 4 is 11.9 Å². The van der Waals surface area contributed by atoms with Gasteiger partial charge in [-0.3, -0.25) is 0 Å². The monoisotopic (exact) mass is 282 g/mol. The van der Waals surface area contributed by atoms with Crippen LogP contribution in [0.3, 0.4) is 0 Å². The first kappa shape index (κ1) is 14.2. The van der Waals surface area contributed by atoms with E-state index in [1.54, 1.807) is 24.3 Å². The highest BCUT2D eigenvalue weighted by Crippen LogP contribution is 2.24. The summed E-state index contributed by atoms with van der Waals surface area (Å²) in [7, 11) is 0. The number of rotatable bonds is 4. The SMILES string of the molecule is C#Cc1ccc(Oc2cc(C(=O)O)cc(C(=O)O)c2)cc1. The van der Waals surface area contributed by atoms with Crippen LogP contribution in [-0.4, -0.2) is 22.2 Å². The Kier molecular flexibility index (Phi) is 3.91. The number of aromatic carboxylic acids is 2. The van der Waals surface area contributed by atoms with Gasteiger partial charge in [0.25, 0.3) is 0 Å². The molecule has 0 aliphatic rings. The molecule has 2 aromatic rings. The molecule has 104 valence electrons. The zero-order valence-corrected chi connectivity index (χ0v) is 10.7. The molecule has 0 bridgehead atoms. The molecule has 2 rings (SSSR count). The Morgan fingerprint density at radius 2 is 1.43 bits per heavy atom. The van der Waals surface area contributed by atoms with Crippen LogP contribution in [0, 0.1) is 12.3 Å². The Morgan fingerprint density at radius 1 is 0.905 bits per heavy atom. The van der Waals surface area contributed by atoms with Crippen LogP contribution in [0.15, 0.2) is 42.5 Å². The lowest BCUT2D eigenvalue weighted by atomic mass is 10.1. The van der Waals surface area contributed by atoms with Crippen LogP contribution in [0.1, 0.15) is 26.3 Å². The fraction of sp³-hybridized carbons (Fsp3) is 0. The normalized spacial score (nSPS) is 9.67. The van der Waals surface area contributed by atoms with Gasteiger partial charge in [0.15, 0.2) is 0 Å². The van der Waals surface area contributed by atoms with E-state index in [0.717, 1.165) is 6.07 Å². The van der Waals surface area contributed by atoms with E-state index in [1.165, 1.54) is 12.1 Å². The molecular weight excluding hydrogens is 272 g/mol. The van der Waals surface area contributed by atoms with Crippen LogP contribution in [0.5, 0.6) is 11.5 Å². The standard InChI is InChI=1S/C16H10O5/c1-2-10-3-5-13(6-4-10)21-14-8-11(15(17)18)7-12(9-14)16(19)20/h1,3-9H,(H,17,18)(H,19,20). The molecule has 2 N–H and O–H groups in total. The van der Waals surface area contributed by atoms with Gasteiger partial charge in [-0.1, -0.05) is 5.92 Å². The first-order valence-corrected chi connectivity index (χ1v) is 5.86. The molecule has 0 fully saturated rings. The van der Waals surface area contributed by atoms with E-state index < -0.39 is 11.9 Å². The lowest BCUT2D eigenvalue weighted by molar-refractivity contribution is 0.0696. The van der Waals surface area contributed by atoms with Gasteiger partial charge >= 0.3 is 11.9 Å². The molecule has 0 heterocycles. The molecule has 0 amide bonds. The maximum atomic E-state index is 11.0. The number of hydrogen-bond acceptors (Lipinski definition) is 3. The van der Waals surface area contributed by atoms with Gasteiger partial charge in [-0.15, -0.1) is 6.42 Å². The van der Waals surface area contributed by atoms with Crippen LogP contribution < -0.4 is 4.74 Å². The molecule has 5 heteroatoms. The summed E-state index contributed by atoms with van der Waals surface area (Å²) in [6, 6.07) is 10.1. The van der Waals surface area contributed by atoms with Gasteiger partial charge in [0.05, 0.1) is 11.1 Å². The second kappa shape index (κ2) is 5.80. The van der Waals surface area contributed by atoms with Crippen LogP contribution in [0.4, 0.5) is 0 Å². The van der Waals surface area contributed by atoms with Gasteiger partial charge in [0.2, 0.25) is 0 Å². The molecule has 0 saturated carbocycles. The highest BCUT2D eigenvalue weighted by Gasteiger charge is 2.12. The van der Waals surface area contributed by atoms with Gasteiger partial charge in [0, 0.05) is 5.56 Å². The van der Waals surface area contributed by atoms with Crippen molar-refractivity contribution in [2.45, 2.75) is 0 Å². The van der Waals surface area contributed by atoms with E-state index in [4.69, 9.17) is 21.4 Å². The summed E-state index contributed by atoms with van der Waals surface area (Å²) in [5.41, 5.74) is 0.350. The zero-order chi connectivity index (χ0) is 15.4. The van der Waals surface area contributed by atoms with E-state index in [9.17, 15) is 9.59 Å². The van der Waals surface area contributed by atoms with Crippen molar-refractivity contribution < 1.29 is 24.5 Å². The maximum absolute atomic E-state index is 11.0. The number of terminal acetylenes is 1. The third-order valence-corrected chi connectivity index (χ3v) is 2.66. The first-order chi connectivity index (χ1) is 9.99. The van der Waals surface area contributed by atoms with Crippen molar-refractivity contribution in [3.63, 3.8) is 0 Å². The summed E-state index contributed by atoms with van der Waals surface area (Å²) in [6.45, 7) is 0. The van der Waals surface area contributed by atoms with Gasteiger partial charge in [0.1, 0.15) is 11.5 Å². The van der Waals surface area contributed by atoms with Crippen LogP contribution in [0.25, 0.3) is 0 Å². The second-order valence-electron chi connectivity index (χ2n) is 4.13. The highest BCUT2D eigenvalue weighted by atomic mass is 16.5. The third-order valence-electron chi connectivity index (χ3n) is 2.66. The quantitative estimate of drug-likeness (QED) is 0.842. The largest absolute Gasteiger partial charge is 0.478 e. The lowest BCUT2D eigenvalue weighted by Gasteiger charge is -2.08. The van der Waals surface area contributed by atoms with Crippen LogP contribution in [-0.2, 0) is 0 Å². The van der Waals surface area contributed by atoms with Gasteiger partial charge < -0.3 is 14.9 Å². The summed E-state index contributed by atoms with van der Waals surface area (Å²) < 4.78 is 5.46. The minimum absolute atomic E-state index is 0.126. The number of carboxylic acids is 2. The van der Waals surface area contributed by atoms with Gasteiger partial charge in [-0.2, -0.15) is 0 Å². The average Bonchev–Trinajstić information content (AvgIpc) is 2.47. The van der Waals surface area contributed by atoms with Crippen molar-refractivity contribution in [3.8, 4) is 23.8 Å². The van der Waals surface area contributed by atoms with E-state index in [1.807, 2.05) is 0 Å². The minimum Gasteiger partial charge on any atom is -0.478 e. The molecule has 5 nitrogen and oxygen atoms in total. The molecule has 0 unspecified atom stereocenters. The van der Waals surface area contributed by atoms with Crippen molar-refractivity contribution in [1.29, 1.82) is 0 Å². The zero-order valence-electron chi connectivity index (χ0n) is 10.7. The number of benzene rings is 2. The molecule has 0 aliphatic heterocycles. The van der Waals surface area contributed by atoms with E-state index in [-0.39, 0.29) is 16.9 Å². The summed E-state index contributed by atoms with van der Waals surface area (Å²) >= 11 is 0. The van der Waals surface area contributed by atoms with E-state index >= 15 is 0 Å². The minimum atomic E-state index is -1.23. The summed E-state index contributed by atoms with van der Waals surface area (Å²) in [5, 5.41) is 18.0. The molecule has 0 atom stereocenters. The highest BCUT2D eigenvalue weighted by molar-refractivity contribution is 5.94. The predicted molar refractivity (Wildman–Crippen MR) is 74.8 cm³/mol. The smallest absolute Gasteiger partial charge is 0.335 e. The van der Waals surface area contributed by atoms with Crippen molar-refractivity contribution in [2.24, 2.45) is 0 Å². The number of hydrogen-bond donors (Lipinski definition) is 2. The summed E-state index contributed by atoms with van der Waals surface area (Å²) in [4.78, 5) is 22.0. The third kappa shape index (κ3) is 3.39. The molecule has 0 aliphatic carbocycles. The molecule has 0 spiro atoms. The number of carboxylic acid groups (broad SMARTS) is 2.